The van der Waals surface area contributed by atoms with Gasteiger partial charge in [-0.1, -0.05) is 29.5 Å². The van der Waals surface area contributed by atoms with Crippen LogP contribution in [0, 0.1) is 0 Å². The van der Waals surface area contributed by atoms with Gasteiger partial charge >= 0.3 is 11.8 Å². The van der Waals surface area contributed by atoms with Crippen molar-refractivity contribution in [3.63, 3.8) is 0 Å². The monoisotopic (exact) mass is 838 g/mol. The summed E-state index contributed by atoms with van der Waals surface area (Å²) >= 11 is 1.80. The van der Waals surface area contributed by atoms with Gasteiger partial charge in [-0.3, -0.25) is 18.7 Å². The molecule has 0 radical (unpaired) electrons. The highest BCUT2D eigenvalue weighted by molar-refractivity contribution is 8.13. The van der Waals surface area contributed by atoms with Gasteiger partial charge in [0.25, 0.3) is 0 Å². The van der Waals surface area contributed by atoms with Crippen LogP contribution in [-0.4, -0.2) is 97.7 Å². The van der Waals surface area contributed by atoms with Crippen LogP contribution in [0.3, 0.4) is 0 Å². The van der Waals surface area contributed by atoms with Crippen LogP contribution in [0.5, 0.6) is 0 Å². The van der Waals surface area contributed by atoms with Crippen LogP contribution in [0.4, 0.5) is 0 Å². The fourth-order valence-corrected chi connectivity index (χ4v) is 10.2. The lowest BCUT2D eigenvalue weighted by Gasteiger charge is -2.39. The van der Waals surface area contributed by atoms with Gasteiger partial charge in [-0.15, -0.1) is 11.3 Å². The number of carbonyl (C=O) groups excluding carboxylic acids is 4. The van der Waals surface area contributed by atoms with E-state index in [-0.39, 0.29) is 55.7 Å². The Hall–Kier alpha value is -3.56. The molecule has 16 nitrogen and oxygen atoms in total. The quantitative estimate of drug-likeness (QED) is 0.171. The number of fused-ring (bicyclic) bond motifs is 4. The van der Waals surface area contributed by atoms with E-state index in [2.05, 4.69) is 4.98 Å². The minimum Gasteiger partial charge on any atom is -0.456 e. The molecule has 3 aliphatic heterocycles. The van der Waals surface area contributed by atoms with Crippen LogP contribution in [0.2, 0.25) is 0 Å². The fraction of sp³-hybridized carbons (Fsp3) is 0.568. The number of aromatic nitrogens is 1. The number of thioether (sulfide) groups is 1. The predicted molar refractivity (Wildman–Crippen MR) is 204 cm³/mol. The number of carbonyl (C=O) groups is 4. The molecule has 0 saturated carbocycles. The molecule has 56 heavy (non-hydrogen) atoms. The first-order valence-corrected chi connectivity index (χ1v) is 21.0. The number of esters is 1. The normalized spacial score (nSPS) is 27.9. The molecule has 0 spiro atoms. The van der Waals surface area contributed by atoms with Gasteiger partial charge in [0.1, 0.15) is 39.1 Å². The summed E-state index contributed by atoms with van der Waals surface area (Å²) in [7, 11) is -0.792. The average Bonchev–Trinajstić information content (AvgIpc) is 3.87. The second-order valence-electron chi connectivity index (χ2n) is 13.6. The third-order valence-electron chi connectivity index (χ3n) is 9.52. The third kappa shape index (κ3) is 10.5. The first-order chi connectivity index (χ1) is 26.8. The standard InChI is InChI=1S/C37H46N2O14S3/c1-23-12-13-37(36(3,45)34(43)55-22-29-28(52-35(44)53-29)19-50-31(42)20-48-16-15-47-4)18-30(41)39(56(37)46)24(2)33-38-25(21-54-33)9-5-6-10-26(40)27(17-23)51-32-11-7-8-14-49-32/h5-6,9-10,17,21,24,27,32,45H,7-8,11-16,18-20,22H2,1-4H3/b9-5-,10-6+,23-17+. The lowest BCUT2D eigenvalue weighted by atomic mass is 9.81. The number of hydrogen-bond acceptors (Lipinski definition) is 17. The molecule has 6 atom stereocenters. The first kappa shape index (κ1) is 43.6. The van der Waals surface area contributed by atoms with Crippen molar-refractivity contribution in [2.24, 2.45) is 0 Å². The van der Waals surface area contributed by atoms with Crippen LogP contribution in [0.15, 0.2) is 48.9 Å². The summed E-state index contributed by atoms with van der Waals surface area (Å²) in [5.41, 5.74) is -1.21. The molecule has 2 saturated heterocycles. The van der Waals surface area contributed by atoms with E-state index >= 15 is 0 Å². The first-order valence-electron chi connectivity index (χ1n) is 18.0. The zero-order valence-electron chi connectivity index (χ0n) is 31.6. The number of rotatable bonds is 13. The second-order valence-corrected chi connectivity index (χ2v) is 17.1. The Morgan fingerprint density at radius 1 is 1.16 bits per heavy atom. The van der Waals surface area contributed by atoms with Gasteiger partial charge in [0.15, 0.2) is 30.2 Å². The Morgan fingerprint density at radius 2 is 1.93 bits per heavy atom. The van der Waals surface area contributed by atoms with Crippen molar-refractivity contribution in [3.8, 4) is 0 Å². The summed E-state index contributed by atoms with van der Waals surface area (Å²) in [6, 6.07) is -0.774. The molecular weight excluding hydrogens is 793 g/mol. The number of ether oxygens (including phenoxy) is 5. The SMILES string of the molecule is COCCOCC(=O)OCc1oc(=O)oc1CSC(=O)C(C)(O)C12CC/C(C)=C/C(OC3CCCCO3)C(=O)/C=C/C=C\c3csc(n3)C(C)N(C(=O)C1)S2=O. The van der Waals surface area contributed by atoms with E-state index < -0.39 is 75.6 Å². The van der Waals surface area contributed by atoms with Crippen molar-refractivity contribution in [2.45, 2.75) is 100 Å². The number of aliphatic hydroxyl groups is 1. The van der Waals surface area contributed by atoms with E-state index in [1.165, 1.54) is 31.4 Å². The van der Waals surface area contributed by atoms with Crippen LogP contribution in [-0.2, 0) is 66.2 Å². The molecule has 4 bridgehead atoms. The third-order valence-corrected chi connectivity index (χ3v) is 13.9. The van der Waals surface area contributed by atoms with E-state index in [1.54, 1.807) is 43.5 Å². The molecule has 2 aromatic rings. The number of methoxy groups -OCH3 is 1. The summed E-state index contributed by atoms with van der Waals surface area (Å²) in [5, 5.41) is 13.6. The molecule has 19 heteroatoms. The summed E-state index contributed by atoms with van der Waals surface area (Å²) in [5.74, 6) is -3.35. The highest BCUT2D eigenvalue weighted by atomic mass is 32.2. The summed E-state index contributed by atoms with van der Waals surface area (Å²) in [4.78, 5) is 70.1. The van der Waals surface area contributed by atoms with Crippen molar-refractivity contribution in [1.82, 2.24) is 9.29 Å². The second kappa shape index (κ2) is 19.7. The van der Waals surface area contributed by atoms with Crippen LogP contribution < -0.4 is 5.82 Å². The smallest absolute Gasteiger partial charge is 0.456 e. The molecule has 2 aromatic heterocycles. The average molecular weight is 839 g/mol. The van der Waals surface area contributed by atoms with Gasteiger partial charge in [0.05, 0.1) is 37.1 Å². The Labute approximate surface area is 334 Å². The molecule has 0 aromatic carbocycles. The number of allylic oxidation sites excluding steroid dienone is 3. The fourth-order valence-electron chi connectivity index (χ4n) is 6.26. The van der Waals surface area contributed by atoms with E-state index in [4.69, 9.17) is 32.5 Å². The number of nitrogens with zero attached hydrogens (tertiary/aromatic N) is 2. The minimum absolute atomic E-state index is 0.105. The molecule has 6 unspecified atom stereocenters. The maximum Gasteiger partial charge on any atom is 0.519 e. The molecule has 0 aliphatic carbocycles. The molecule has 5 heterocycles. The number of amides is 1. The van der Waals surface area contributed by atoms with Gasteiger partial charge in [0, 0.05) is 19.1 Å². The Balaban J connectivity index is 1.41. The van der Waals surface area contributed by atoms with Crippen molar-refractivity contribution in [3.05, 3.63) is 68.1 Å². The Kier molecular flexibility index (Phi) is 15.3. The van der Waals surface area contributed by atoms with Crippen molar-refractivity contribution in [2.75, 3.05) is 33.5 Å². The predicted octanol–water partition coefficient (Wildman–Crippen LogP) is 4.09. The van der Waals surface area contributed by atoms with Crippen molar-refractivity contribution in [1.29, 1.82) is 0 Å². The molecule has 1 N–H and O–H groups in total. The molecular formula is C37H46N2O14S3. The minimum atomic E-state index is -2.40. The van der Waals surface area contributed by atoms with E-state index in [1.807, 2.05) is 0 Å². The van der Waals surface area contributed by atoms with Gasteiger partial charge in [0.2, 0.25) is 11.0 Å². The molecule has 3 aliphatic rings. The Morgan fingerprint density at radius 3 is 2.68 bits per heavy atom. The van der Waals surface area contributed by atoms with Gasteiger partial charge < -0.3 is 37.6 Å². The van der Waals surface area contributed by atoms with E-state index in [0.717, 1.165) is 17.1 Å². The molecule has 5 rings (SSSR count). The summed E-state index contributed by atoms with van der Waals surface area (Å²) in [6.07, 6.45) is 8.35. The zero-order chi connectivity index (χ0) is 40.5. The van der Waals surface area contributed by atoms with Crippen LogP contribution in [0.25, 0.3) is 6.08 Å². The van der Waals surface area contributed by atoms with Crippen LogP contribution in [0.1, 0.15) is 87.6 Å². The maximum absolute atomic E-state index is 14.7. The summed E-state index contributed by atoms with van der Waals surface area (Å²) < 4.78 is 51.1. The van der Waals surface area contributed by atoms with Gasteiger partial charge in [-0.25, -0.2) is 18.8 Å². The van der Waals surface area contributed by atoms with Crippen molar-refractivity contribution < 1.29 is 61.0 Å². The summed E-state index contributed by atoms with van der Waals surface area (Å²) in [6.45, 7) is 4.71. The maximum atomic E-state index is 14.7. The zero-order valence-corrected chi connectivity index (χ0v) is 34.0. The Bertz CT molecular complexity index is 1910. The lowest BCUT2D eigenvalue weighted by molar-refractivity contribution is -0.181. The van der Waals surface area contributed by atoms with Crippen molar-refractivity contribution >= 4 is 62.9 Å². The highest BCUT2D eigenvalue weighted by Gasteiger charge is 2.64. The number of hydrogen-bond donors (Lipinski definition) is 1. The van der Waals surface area contributed by atoms with E-state index in [9.17, 15) is 33.3 Å². The van der Waals surface area contributed by atoms with E-state index in [0.29, 0.717) is 41.1 Å². The number of thiazole rings is 1. The van der Waals surface area contributed by atoms with Gasteiger partial charge in [-0.2, -0.15) is 0 Å². The van der Waals surface area contributed by atoms with Crippen LogP contribution >= 0.6 is 23.1 Å². The largest absolute Gasteiger partial charge is 0.519 e. The molecule has 2 fully saturated rings. The lowest BCUT2D eigenvalue weighted by Crippen LogP contribution is -2.58. The topological polar surface area (TPSA) is 211 Å². The molecule has 1 amide bonds. The highest BCUT2D eigenvalue weighted by Crippen LogP contribution is 2.48. The molecule has 306 valence electrons. The van der Waals surface area contributed by atoms with Gasteiger partial charge in [-0.05, 0) is 71.1 Å². The number of ketones is 1.